The smallest absolute Gasteiger partial charge is 0.144 e. The van der Waals surface area contributed by atoms with Gasteiger partial charge in [0, 0.05) is 37.6 Å². The minimum Gasteiger partial charge on any atom is -0.455 e. The summed E-state index contributed by atoms with van der Waals surface area (Å²) in [7, 11) is 0. The van der Waals surface area contributed by atoms with Crippen molar-refractivity contribution in [2.75, 3.05) is 0 Å². The van der Waals surface area contributed by atoms with Crippen LogP contribution in [0.15, 0.2) is 89.5 Å². The van der Waals surface area contributed by atoms with Crippen molar-refractivity contribution in [1.82, 2.24) is 4.98 Å². The lowest BCUT2D eigenvalue weighted by Crippen LogP contribution is -2.08. The van der Waals surface area contributed by atoms with E-state index < -0.39 is 32.3 Å². The van der Waals surface area contributed by atoms with Crippen molar-refractivity contribution in [2.24, 2.45) is 5.41 Å². The summed E-state index contributed by atoms with van der Waals surface area (Å²) in [4.78, 5) is 4.52. The van der Waals surface area contributed by atoms with Crippen LogP contribution in [0.5, 0.6) is 0 Å². The number of aromatic nitrogens is 1. The number of pyridine rings is 1. The van der Waals surface area contributed by atoms with Gasteiger partial charge in [-0.1, -0.05) is 81.4 Å². The number of nitrogens with zero attached hydrogens (tertiary/aromatic N) is 1. The highest BCUT2D eigenvalue weighted by Crippen LogP contribution is 2.39. The SMILES string of the molecule is [2H]C([2H])([2H])c1cc(-c2cc(-c3cccc4c3oc3cccc(C)c34)ncc2C([2H])([2H])[2H])c(C([2H])([2H])[2H])cc1-c1ccc(C([2H])([2H])C(C)(C)C)cc1. The Morgan fingerprint density at radius 1 is 0.750 bits per heavy atom. The monoisotopic (exact) mass is 534 g/mol. The van der Waals surface area contributed by atoms with Crippen molar-refractivity contribution in [2.45, 2.75) is 54.6 Å². The van der Waals surface area contributed by atoms with Crippen LogP contribution in [0.25, 0.3) is 55.4 Å². The number of furan rings is 1. The van der Waals surface area contributed by atoms with E-state index in [0.717, 1.165) is 16.3 Å². The summed E-state index contributed by atoms with van der Waals surface area (Å²) in [5.41, 5.74) is 2.55. The molecule has 2 aromatic heterocycles. The lowest BCUT2D eigenvalue weighted by molar-refractivity contribution is 0.411. The summed E-state index contributed by atoms with van der Waals surface area (Å²) >= 11 is 0. The summed E-state index contributed by atoms with van der Waals surface area (Å²) in [5, 5.41) is 1.77. The number of hydrogen-bond acceptors (Lipinski definition) is 2. The van der Waals surface area contributed by atoms with Crippen molar-refractivity contribution in [3.05, 3.63) is 113 Å². The Balaban J connectivity index is 1.62. The van der Waals surface area contributed by atoms with Crippen molar-refractivity contribution >= 4 is 21.9 Å². The average molecular weight is 535 g/mol. The second kappa shape index (κ2) is 9.78. The van der Waals surface area contributed by atoms with Crippen LogP contribution >= 0.6 is 0 Å². The van der Waals surface area contributed by atoms with Gasteiger partial charge < -0.3 is 4.42 Å². The minimum absolute atomic E-state index is 0.0150. The highest BCUT2D eigenvalue weighted by molar-refractivity contribution is 6.10. The third-order valence-corrected chi connectivity index (χ3v) is 7.07. The Morgan fingerprint density at radius 3 is 2.20 bits per heavy atom. The average Bonchev–Trinajstić information content (AvgIpc) is 3.42. The van der Waals surface area contributed by atoms with Gasteiger partial charge in [-0.25, -0.2) is 0 Å². The fraction of sp³-hybridized carbons (Fsp3) is 0.237. The first-order chi connectivity index (χ1) is 23.5. The zero-order chi connectivity index (χ0) is 37.5. The lowest BCUT2D eigenvalue weighted by atomic mass is 9.87. The molecule has 6 rings (SSSR count). The second-order valence-electron chi connectivity index (χ2n) is 11.2. The Bertz CT molecular complexity index is 2290. The largest absolute Gasteiger partial charge is 0.455 e. The number of para-hydroxylation sites is 1. The maximum Gasteiger partial charge on any atom is 0.144 e. The molecule has 2 heterocycles. The minimum atomic E-state index is -2.78. The molecule has 40 heavy (non-hydrogen) atoms. The van der Waals surface area contributed by atoms with E-state index in [1.54, 1.807) is 51.1 Å². The Hall–Kier alpha value is -4.17. The number of aryl methyl sites for hydroxylation is 4. The highest BCUT2D eigenvalue weighted by Gasteiger charge is 2.17. The Morgan fingerprint density at radius 2 is 1.45 bits per heavy atom. The van der Waals surface area contributed by atoms with Crippen LogP contribution < -0.4 is 0 Å². The maximum absolute atomic E-state index is 8.65. The van der Waals surface area contributed by atoms with Gasteiger partial charge in [0.15, 0.2) is 0 Å². The summed E-state index contributed by atoms with van der Waals surface area (Å²) in [5.74, 6) is 0. The third-order valence-electron chi connectivity index (χ3n) is 7.07. The molecule has 0 amide bonds. The fourth-order valence-corrected chi connectivity index (χ4v) is 5.28. The van der Waals surface area contributed by atoms with Gasteiger partial charge in [0.2, 0.25) is 0 Å². The lowest BCUT2D eigenvalue weighted by Gasteiger charge is -2.19. The predicted octanol–water partition coefficient (Wildman–Crippen LogP) is 10.8. The summed E-state index contributed by atoms with van der Waals surface area (Å²) in [6.45, 7) is -0.917. The van der Waals surface area contributed by atoms with E-state index in [1.165, 1.54) is 24.4 Å². The first kappa shape index (κ1) is 16.2. The number of fused-ring (bicyclic) bond motifs is 3. The van der Waals surface area contributed by atoms with Crippen LogP contribution in [0, 0.1) is 32.9 Å². The third kappa shape index (κ3) is 4.73. The highest BCUT2D eigenvalue weighted by atomic mass is 16.3. The van der Waals surface area contributed by atoms with Crippen molar-refractivity contribution in [3.63, 3.8) is 0 Å². The molecule has 0 atom stereocenters. The van der Waals surface area contributed by atoms with E-state index in [2.05, 4.69) is 4.98 Å². The molecule has 0 aliphatic heterocycles. The molecule has 0 radical (unpaired) electrons. The molecular formula is C38H37NO. The fourth-order valence-electron chi connectivity index (χ4n) is 5.28. The topological polar surface area (TPSA) is 26.0 Å². The second-order valence-corrected chi connectivity index (χ2v) is 11.2. The number of hydrogen-bond donors (Lipinski definition) is 0. The molecule has 0 N–H and O–H groups in total. The van der Waals surface area contributed by atoms with Crippen molar-refractivity contribution < 1.29 is 19.5 Å². The number of rotatable bonds is 4. The molecule has 0 spiro atoms. The van der Waals surface area contributed by atoms with Crippen LogP contribution in [-0.4, -0.2) is 4.98 Å². The van der Waals surface area contributed by atoms with Gasteiger partial charge in [-0.05, 0) is 108 Å². The molecule has 0 bridgehead atoms. The van der Waals surface area contributed by atoms with Crippen molar-refractivity contribution in [1.29, 1.82) is 0 Å². The van der Waals surface area contributed by atoms with Gasteiger partial charge in [0.1, 0.15) is 11.2 Å². The van der Waals surface area contributed by atoms with Crippen LogP contribution in [-0.2, 0) is 6.37 Å². The molecule has 0 fully saturated rings. The van der Waals surface area contributed by atoms with E-state index in [1.807, 2.05) is 37.3 Å². The van der Waals surface area contributed by atoms with Crippen molar-refractivity contribution in [3.8, 4) is 33.5 Å². The summed E-state index contributed by atoms with van der Waals surface area (Å²) < 4.78 is 99.7. The molecule has 0 unspecified atom stereocenters. The van der Waals surface area contributed by atoms with Gasteiger partial charge in [0.05, 0.1) is 5.69 Å². The molecule has 6 aromatic rings. The zero-order valence-corrected chi connectivity index (χ0v) is 22.9. The zero-order valence-electron chi connectivity index (χ0n) is 33.9. The molecular weight excluding hydrogens is 486 g/mol. The van der Waals surface area contributed by atoms with E-state index in [4.69, 9.17) is 19.5 Å². The molecule has 0 saturated heterocycles. The van der Waals surface area contributed by atoms with E-state index in [-0.39, 0.29) is 33.4 Å². The van der Waals surface area contributed by atoms with Gasteiger partial charge in [0.25, 0.3) is 0 Å². The van der Waals surface area contributed by atoms with Crippen LogP contribution in [0.4, 0.5) is 0 Å². The molecule has 2 heteroatoms. The molecule has 0 saturated carbocycles. The molecule has 0 aliphatic rings. The van der Waals surface area contributed by atoms with Gasteiger partial charge in [-0.15, -0.1) is 0 Å². The Labute approximate surface area is 253 Å². The standard InChI is InChI=1S/C38H37NO/c1-23-10-8-13-35-36(23)30-12-9-11-29(37(30)40-35)34-20-33(26(4)22-39-34)32-19-24(2)31(18-25(32)3)28-16-14-27(15-17-28)21-38(5,6)7/h8-20,22H,21H2,1-7H3/i2D3,3D3,4D3,21D2. The van der Waals surface area contributed by atoms with Crippen LogP contribution in [0.1, 0.15) is 63.7 Å². The first-order valence-corrected chi connectivity index (χ1v) is 13.2. The maximum atomic E-state index is 8.65. The molecule has 2 nitrogen and oxygen atoms in total. The van der Waals surface area contributed by atoms with E-state index in [9.17, 15) is 0 Å². The normalized spacial score (nSPS) is 17.4. The van der Waals surface area contributed by atoms with Gasteiger partial charge >= 0.3 is 0 Å². The molecule has 200 valence electrons. The summed E-state index contributed by atoms with van der Waals surface area (Å²) in [6, 6.07) is 21.6. The van der Waals surface area contributed by atoms with Gasteiger partial charge in [-0.2, -0.15) is 0 Å². The van der Waals surface area contributed by atoms with E-state index in [0.29, 0.717) is 33.6 Å². The van der Waals surface area contributed by atoms with Gasteiger partial charge in [-0.3, -0.25) is 4.98 Å². The number of benzene rings is 4. The van der Waals surface area contributed by atoms with Crippen LogP contribution in [0.3, 0.4) is 0 Å². The predicted molar refractivity (Wildman–Crippen MR) is 170 cm³/mol. The van der Waals surface area contributed by atoms with Crippen LogP contribution in [0.2, 0.25) is 0 Å². The Kier molecular flexibility index (Phi) is 3.96. The molecule has 0 aliphatic carbocycles. The van der Waals surface area contributed by atoms with E-state index >= 15 is 0 Å². The first-order valence-electron chi connectivity index (χ1n) is 18.7. The molecule has 4 aromatic carbocycles. The quantitative estimate of drug-likeness (QED) is 0.225. The summed E-state index contributed by atoms with van der Waals surface area (Å²) in [6.07, 6.45) is -0.513.